The van der Waals surface area contributed by atoms with Gasteiger partial charge in [0.1, 0.15) is 5.69 Å². The van der Waals surface area contributed by atoms with E-state index in [1.54, 1.807) is 0 Å². The van der Waals surface area contributed by atoms with E-state index >= 15 is 0 Å². The van der Waals surface area contributed by atoms with Crippen LogP contribution in [0.3, 0.4) is 0 Å². The Morgan fingerprint density at radius 1 is 1.03 bits per heavy atom. The number of hydrogen-bond donors (Lipinski definition) is 3. The molecule has 0 aromatic heterocycles. The molecule has 36 heavy (non-hydrogen) atoms. The van der Waals surface area contributed by atoms with Crippen LogP contribution >= 0.6 is 0 Å². The van der Waals surface area contributed by atoms with Gasteiger partial charge in [0, 0.05) is 30.1 Å². The van der Waals surface area contributed by atoms with Gasteiger partial charge in [-0.25, -0.2) is 9.59 Å². The minimum atomic E-state index is -1.26. The second-order valence-electron chi connectivity index (χ2n) is 9.72. The lowest BCUT2D eigenvalue weighted by Crippen LogP contribution is -2.59. The predicted octanol–water partition coefficient (Wildman–Crippen LogP) is 4.79. The van der Waals surface area contributed by atoms with Crippen molar-refractivity contribution in [2.45, 2.75) is 51.5 Å². The number of fused-ring (bicyclic) bond motifs is 1. The number of quaternary nitrogens is 1. The van der Waals surface area contributed by atoms with Crippen molar-refractivity contribution in [3.63, 3.8) is 0 Å². The van der Waals surface area contributed by atoms with E-state index in [9.17, 15) is 14.8 Å². The van der Waals surface area contributed by atoms with E-state index in [0.29, 0.717) is 30.5 Å². The maximum absolute atomic E-state index is 14.5. The number of nitrogens with zero attached hydrogens (tertiary/aromatic N) is 1. The van der Waals surface area contributed by atoms with Gasteiger partial charge in [-0.15, -0.1) is 0 Å². The quantitative estimate of drug-likeness (QED) is 0.290. The lowest BCUT2D eigenvalue weighted by Gasteiger charge is -2.53. The maximum atomic E-state index is 14.5. The number of hydrogen-bond acceptors (Lipinski definition) is 4. The summed E-state index contributed by atoms with van der Waals surface area (Å²) in [6, 6.07) is 19.5. The van der Waals surface area contributed by atoms with Crippen LogP contribution in [0.4, 0.5) is 5.69 Å². The first-order chi connectivity index (χ1) is 17.3. The Labute approximate surface area is 213 Å². The average molecular weight is 495 g/mol. The molecular weight excluding hydrogens is 456 g/mol. The average Bonchev–Trinajstić information content (AvgIpc) is 3.01. The van der Waals surface area contributed by atoms with Crippen molar-refractivity contribution < 1.29 is 19.8 Å². The maximum Gasteiger partial charge on any atom is 0.328 e. The molecule has 0 saturated carbocycles. The third kappa shape index (κ3) is 7.26. The van der Waals surface area contributed by atoms with E-state index in [2.05, 4.69) is 66.8 Å². The number of para-hydroxylation sites is 1. The van der Waals surface area contributed by atoms with Crippen LogP contribution in [0.25, 0.3) is 0 Å². The van der Waals surface area contributed by atoms with Gasteiger partial charge in [-0.05, 0) is 62.7 Å². The number of hydroxylamine groups is 2. The molecule has 2 aliphatic heterocycles. The number of carbonyl (C=O) groups is 2. The second-order valence-corrected chi connectivity index (χ2v) is 9.72. The first kappa shape index (κ1) is 27.6. The topological polar surface area (TPSA) is 110 Å². The summed E-state index contributed by atoms with van der Waals surface area (Å²) in [5.41, 5.74) is 3.72. The number of carboxylic acids is 2. The molecule has 4 atom stereocenters. The molecule has 1 fully saturated rings. The van der Waals surface area contributed by atoms with E-state index in [-0.39, 0.29) is 10.7 Å². The Morgan fingerprint density at radius 3 is 2.36 bits per heavy atom. The summed E-state index contributed by atoms with van der Waals surface area (Å²) in [5, 5.41) is 33.7. The summed E-state index contributed by atoms with van der Waals surface area (Å²) >= 11 is 0. The van der Waals surface area contributed by atoms with Crippen LogP contribution in [-0.4, -0.2) is 47.8 Å². The molecule has 7 heteroatoms. The summed E-state index contributed by atoms with van der Waals surface area (Å²) in [6.45, 7) is 4.93. The van der Waals surface area contributed by atoms with Crippen LogP contribution in [0, 0.1) is 17.0 Å². The third-order valence-electron chi connectivity index (χ3n) is 7.31. The fourth-order valence-electron chi connectivity index (χ4n) is 5.85. The second kappa shape index (κ2) is 13.3. The first-order valence-electron chi connectivity index (χ1n) is 12.9. The minimum absolute atomic E-state index is 0.109. The van der Waals surface area contributed by atoms with Crippen LogP contribution < -0.4 is 9.96 Å². The molecular formula is C29H38N2O5. The molecule has 4 unspecified atom stereocenters. The minimum Gasteiger partial charge on any atom is -0.627 e. The van der Waals surface area contributed by atoms with Crippen LogP contribution in [0.2, 0.25) is 0 Å². The predicted molar refractivity (Wildman–Crippen MR) is 143 cm³/mol. The number of aryl methyl sites for hydroxylation is 1. The summed E-state index contributed by atoms with van der Waals surface area (Å²) in [7, 11) is 0. The number of benzene rings is 2. The van der Waals surface area contributed by atoms with E-state index in [4.69, 9.17) is 10.2 Å². The van der Waals surface area contributed by atoms with Gasteiger partial charge >= 0.3 is 11.9 Å². The van der Waals surface area contributed by atoms with E-state index in [1.807, 2.05) is 0 Å². The van der Waals surface area contributed by atoms with Crippen molar-refractivity contribution in [3.05, 3.63) is 83.1 Å². The highest BCUT2D eigenvalue weighted by atomic mass is 16.5. The van der Waals surface area contributed by atoms with Crippen molar-refractivity contribution in [2.24, 2.45) is 11.8 Å². The van der Waals surface area contributed by atoms with Gasteiger partial charge in [-0.2, -0.15) is 0 Å². The van der Waals surface area contributed by atoms with Gasteiger partial charge in [-0.3, -0.25) is 0 Å². The van der Waals surface area contributed by atoms with Crippen LogP contribution in [0.1, 0.15) is 43.7 Å². The van der Waals surface area contributed by atoms with Gasteiger partial charge in [-0.1, -0.05) is 55.5 Å². The van der Waals surface area contributed by atoms with Crippen molar-refractivity contribution in [1.82, 2.24) is 9.96 Å². The Bertz CT molecular complexity index is 1010. The summed E-state index contributed by atoms with van der Waals surface area (Å²) in [5.74, 6) is -1.49. The largest absolute Gasteiger partial charge is 0.627 e. The number of carboxylic acid groups (broad SMARTS) is 2. The molecule has 2 heterocycles. The van der Waals surface area contributed by atoms with Crippen molar-refractivity contribution in [2.75, 3.05) is 19.6 Å². The zero-order valence-corrected chi connectivity index (χ0v) is 21.0. The summed E-state index contributed by atoms with van der Waals surface area (Å²) < 4.78 is -0.109. The number of piperidine rings is 1. The van der Waals surface area contributed by atoms with Crippen LogP contribution in [-0.2, 0) is 22.4 Å². The molecule has 0 bridgehead atoms. The van der Waals surface area contributed by atoms with Gasteiger partial charge < -0.3 is 25.4 Å². The zero-order valence-electron chi connectivity index (χ0n) is 21.0. The monoisotopic (exact) mass is 494 g/mol. The molecule has 2 aromatic carbocycles. The van der Waals surface area contributed by atoms with Gasteiger partial charge in [0.25, 0.3) is 0 Å². The van der Waals surface area contributed by atoms with E-state index in [1.165, 1.54) is 11.1 Å². The van der Waals surface area contributed by atoms with E-state index < -0.39 is 11.9 Å². The Kier molecular flexibility index (Phi) is 10.2. The third-order valence-corrected chi connectivity index (χ3v) is 7.31. The lowest BCUT2D eigenvalue weighted by molar-refractivity contribution is -0.134. The van der Waals surface area contributed by atoms with E-state index in [0.717, 1.165) is 57.3 Å². The molecule has 194 valence electrons. The Morgan fingerprint density at radius 2 is 1.69 bits per heavy atom. The Hall–Kier alpha value is -3.00. The molecule has 0 aliphatic carbocycles. The molecule has 1 saturated heterocycles. The SMILES string of the molecule is CCC[N+]1([O-])c2ccccc2CCCC1C1CCNCC1Cc1ccccc1.O=C(O)/C=C/C(=O)O. The highest BCUT2D eigenvalue weighted by Crippen LogP contribution is 2.42. The molecule has 3 N–H and O–H groups in total. The fraction of sp³-hybridized carbons (Fsp3) is 0.448. The number of rotatable bonds is 7. The van der Waals surface area contributed by atoms with Crippen molar-refractivity contribution >= 4 is 17.6 Å². The standard InChI is InChI=1S/C25H34N2O.C4H4O4/c1-2-17-27(28)24-13-7-6-11-21(24)12-8-14-25(27)23-15-16-26-19-22(23)18-20-9-4-3-5-10-20;5-3(6)1-2-4(7)8/h3-7,9-11,13,22-23,25-26H,2,8,12,14-19H2,1H3;1-2H,(H,5,6)(H,7,8)/b;2-1+. The molecule has 0 radical (unpaired) electrons. The summed E-state index contributed by atoms with van der Waals surface area (Å²) in [6.07, 6.45) is 7.48. The van der Waals surface area contributed by atoms with Crippen LogP contribution in [0.5, 0.6) is 0 Å². The number of nitrogens with one attached hydrogen (secondary N) is 1. The smallest absolute Gasteiger partial charge is 0.328 e. The molecule has 4 rings (SSSR count). The zero-order chi connectivity index (χ0) is 26.0. The number of aliphatic carboxylic acids is 2. The molecule has 0 amide bonds. The highest BCUT2D eigenvalue weighted by Gasteiger charge is 2.43. The fourth-order valence-corrected chi connectivity index (χ4v) is 5.85. The first-order valence-corrected chi connectivity index (χ1v) is 12.9. The van der Waals surface area contributed by atoms with Gasteiger partial charge in [0.2, 0.25) is 0 Å². The Balaban J connectivity index is 0.000000392. The molecule has 7 nitrogen and oxygen atoms in total. The molecule has 2 aromatic rings. The summed E-state index contributed by atoms with van der Waals surface area (Å²) in [4.78, 5) is 19.1. The van der Waals surface area contributed by atoms with Gasteiger partial charge in [0.05, 0.1) is 12.6 Å². The molecule has 0 spiro atoms. The normalized spacial score (nSPS) is 25.8. The van der Waals surface area contributed by atoms with Crippen molar-refractivity contribution in [3.8, 4) is 0 Å². The lowest BCUT2D eigenvalue weighted by atomic mass is 9.75. The van der Waals surface area contributed by atoms with Gasteiger partial charge in [0.15, 0.2) is 0 Å². The molecule has 2 aliphatic rings. The van der Waals surface area contributed by atoms with Crippen LogP contribution in [0.15, 0.2) is 66.7 Å². The van der Waals surface area contributed by atoms with Crippen molar-refractivity contribution in [1.29, 1.82) is 0 Å². The highest BCUT2D eigenvalue weighted by molar-refractivity contribution is 5.89.